The highest BCUT2D eigenvalue weighted by molar-refractivity contribution is 7.07. The molecule has 0 aliphatic carbocycles. The van der Waals surface area contributed by atoms with Gasteiger partial charge in [0.1, 0.15) is 0 Å². The van der Waals surface area contributed by atoms with Crippen molar-refractivity contribution in [3.63, 3.8) is 0 Å². The second kappa shape index (κ2) is 7.63. The van der Waals surface area contributed by atoms with Gasteiger partial charge in [-0.25, -0.2) is 4.98 Å². The molecular weight excluding hydrogens is 370 g/mol. The first kappa shape index (κ1) is 19.3. The average Bonchev–Trinajstić information content (AvgIpc) is 3.33. The Morgan fingerprint density at radius 3 is 2.70 bits per heavy atom. The van der Waals surface area contributed by atoms with Crippen molar-refractivity contribution in [3.05, 3.63) is 16.6 Å². The maximum atomic E-state index is 13.1. The SMILES string of the molecule is CC(=O)NCC(=O)N1[C@@H]2CC[C@H]1[C@@](Cc1cscn1)(C(=O)NCC(N)=O)C2. The number of carbonyl (C=O) groups excluding carboxylic acids is 4. The van der Waals surface area contributed by atoms with Crippen molar-refractivity contribution < 1.29 is 19.2 Å². The third-order valence-corrected chi connectivity index (χ3v) is 6.01. The molecule has 146 valence electrons. The topological polar surface area (TPSA) is 134 Å². The van der Waals surface area contributed by atoms with Crippen molar-refractivity contribution in [2.24, 2.45) is 11.1 Å². The number of carbonyl (C=O) groups is 4. The summed E-state index contributed by atoms with van der Waals surface area (Å²) in [5.74, 6) is -1.36. The van der Waals surface area contributed by atoms with Crippen LogP contribution in [0.1, 0.15) is 31.9 Å². The summed E-state index contributed by atoms with van der Waals surface area (Å²) in [4.78, 5) is 54.1. The van der Waals surface area contributed by atoms with Gasteiger partial charge in [-0.05, 0) is 19.3 Å². The highest BCUT2D eigenvalue weighted by Gasteiger charge is 2.61. The number of fused-ring (bicyclic) bond motifs is 2. The predicted molar refractivity (Wildman–Crippen MR) is 97.4 cm³/mol. The Bertz CT molecular complexity index is 753. The molecule has 0 saturated carbocycles. The van der Waals surface area contributed by atoms with Gasteiger partial charge >= 0.3 is 0 Å². The summed E-state index contributed by atoms with van der Waals surface area (Å²) in [5, 5.41) is 7.04. The second-order valence-electron chi connectivity index (χ2n) is 7.12. The van der Waals surface area contributed by atoms with Gasteiger partial charge in [0.05, 0.1) is 29.7 Å². The molecular formula is C17H23N5O4S. The number of nitrogens with one attached hydrogen (secondary N) is 2. The van der Waals surface area contributed by atoms with Gasteiger partial charge in [-0.1, -0.05) is 0 Å². The molecule has 3 heterocycles. The lowest BCUT2D eigenvalue weighted by Crippen LogP contribution is -2.53. The number of rotatable bonds is 7. The van der Waals surface area contributed by atoms with E-state index in [0.29, 0.717) is 19.3 Å². The maximum absolute atomic E-state index is 13.1. The van der Waals surface area contributed by atoms with Crippen molar-refractivity contribution in [1.82, 2.24) is 20.5 Å². The zero-order chi connectivity index (χ0) is 19.6. The molecule has 2 aliphatic heterocycles. The van der Waals surface area contributed by atoms with Crippen LogP contribution in [0.2, 0.25) is 0 Å². The summed E-state index contributed by atoms with van der Waals surface area (Å²) in [6, 6.07) is -0.354. The molecule has 2 fully saturated rings. The van der Waals surface area contributed by atoms with E-state index < -0.39 is 11.3 Å². The number of nitrogens with zero attached hydrogens (tertiary/aromatic N) is 2. The fourth-order valence-corrected chi connectivity index (χ4v) is 4.92. The summed E-state index contributed by atoms with van der Waals surface area (Å²) < 4.78 is 0. The normalized spacial score (nSPS) is 26.0. The van der Waals surface area contributed by atoms with Gasteiger partial charge in [0, 0.05) is 30.8 Å². The molecule has 0 radical (unpaired) electrons. The predicted octanol–water partition coefficient (Wildman–Crippen LogP) is -0.827. The molecule has 1 aromatic rings. The monoisotopic (exact) mass is 393 g/mol. The van der Waals surface area contributed by atoms with Crippen LogP contribution < -0.4 is 16.4 Å². The van der Waals surface area contributed by atoms with E-state index >= 15 is 0 Å². The molecule has 9 nitrogen and oxygen atoms in total. The van der Waals surface area contributed by atoms with E-state index in [1.807, 2.05) is 5.38 Å². The quantitative estimate of drug-likeness (QED) is 0.556. The maximum Gasteiger partial charge on any atom is 0.242 e. The lowest BCUT2D eigenvalue weighted by Gasteiger charge is -2.35. The number of hydrogen-bond donors (Lipinski definition) is 3. The molecule has 2 saturated heterocycles. The first-order chi connectivity index (χ1) is 12.8. The summed E-state index contributed by atoms with van der Waals surface area (Å²) in [6.45, 7) is 1.03. The van der Waals surface area contributed by atoms with Crippen molar-refractivity contribution in [2.75, 3.05) is 13.1 Å². The second-order valence-corrected chi connectivity index (χ2v) is 7.84. The molecule has 0 spiro atoms. The van der Waals surface area contributed by atoms with E-state index in [1.54, 1.807) is 10.4 Å². The third-order valence-electron chi connectivity index (χ3n) is 5.37. The van der Waals surface area contributed by atoms with Crippen LogP contribution in [0.4, 0.5) is 0 Å². The number of thiazole rings is 1. The molecule has 0 unspecified atom stereocenters. The van der Waals surface area contributed by atoms with E-state index in [2.05, 4.69) is 15.6 Å². The highest BCUT2D eigenvalue weighted by Crippen LogP contribution is 2.51. The molecule has 1 aromatic heterocycles. The van der Waals surface area contributed by atoms with Gasteiger partial charge in [0.25, 0.3) is 0 Å². The summed E-state index contributed by atoms with van der Waals surface area (Å²) >= 11 is 1.45. The van der Waals surface area contributed by atoms with Crippen LogP contribution in [0.15, 0.2) is 10.9 Å². The Morgan fingerprint density at radius 1 is 1.30 bits per heavy atom. The molecule has 27 heavy (non-hydrogen) atoms. The lowest BCUT2D eigenvalue weighted by molar-refractivity contribution is -0.138. The van der Waals surface area contributed by atoms with Crippen LogP contribution in [0.25, 0.3) is 0 Å². The van der Waals surface area contributed by atoms with Crippen LogP contribution in [0.5, 0.6) is 0 Å². The summed E-state index contributed by atoms with van der Waals surface area (Å²) in [6.07, 6.45) is 2.42. The minimum atomic E-state index is -0.849. The minimum absolute atomic E-state index is 0.0609. The number of hydrogen-bond acceptors (Lipinski definition) is 6. The molecule has 3 rings (SSSR count). The molecule has 0 aromatic carbocycles. The van der Waals surface area contributed by atoms with Crippen LogP contribution >= 0.6 is 11.3 Å². The standard InChI is InChI=1S/C17H23N5O4S/c1-10(23)19-7-15(25)22-12-2-3-13(22)17(5-12,4-11-8-27-9-21-11)16(26)20-6-14(18)24/h8-9,12-13H,2-7H2,1H3,(H2,18,24)(H,19,23)(H,20,26)/t12-,13+,17+/m1/s1. The van der Waals surface area contributed by atoms with Gasteiger partial charge in [-0.3, -0.25) is 19.2 Å². The molecule has 3 atom stereocenters. The van der Waals surface area contributed by atoms with Crippen LogP contribution in [-0.4, -0.2) is 58.7 Å². The van der Waals surface area contributed by atoms with Gasteiger partial charge in [-0.15, -0.1) is 11.3 Å². The fourth-order valence-electron chi connectivity index (χ4n) is 4.36. The van der Waals surface area contributed by atoms with Crippen LogP contribution in [-0.2, 0) is 25.6 Å². The average molecular weight is 393 g/mol. The Morgan fingerprint density at radius 2 is 2.07 bits per heavy atom. The van der Waals surface area contributed by atoms with Crippen molar-refractivity contribution in [3.8, 4) is 0 Å². The zero-order valence-electron chi connectivity index (χ0n) is 15.1. The van der Waals surface area contributed by atoms with Gasteiger partial charge in [0.2, 0.25) is 23.6 Å². The van der Waals surface area contributed by atoms with Crippen molar-refractivity contribution >= 4 is 35.0 Å². The first-order valence-corrected chi connectivity index (χ1v) is 9.77. The van der Waals surface area contributed by atoms with Gasteiger partial charge in [0.15, 0.2) is 0 Å². The van der Waals surface area contributed by atoms with Gasteiger partial charge < -0.3 is 21.3 Å². The molecule has 4 N–H and O–H groups in total. The van der Waals surface area contributed by atoms with E-state index in [-0.39, 0.29) is 42.9 Å². The van der Waals surface area contributed by atoms with Gasteiger partial charge in [-0.2, -0.15) is 0 Å². The summed E-state index contributed by atoms with van der Waals surface area (Å²) in [7, 11) is 0. The zero-order valence-corrected chi connectivity index (χ0v) is 15.9. The fraction of sp³-hybridized carbons (Fsp3) is 0.588. The number of primary amides is 1. The largest absolute Gasteiger partial charge is 0.368 e. The number of aromatic nitrogens is 1. The smallest absolute Gasteiger partial charge is 0.242 e. The molecule has 4 amide bonds. The van der Waals surface area contributed by atoms with E-state index in [4.69, 9.17) is 5.73 Å². The molecule has 2 bridgehead atoms. The van der Waals surface area contributed by atoms with Crippen LogP contribution in [0.3, 0.4) is 0 Å². The Labute approximate surface area is 160 Å². The highest BCUT2D eigenvalue weighted by atomic mass is 32.1. The Kier molecular flexibility index (Phi) is 5.45. The van der Waals surface area contributed by atoms with Crippen LogP contribution in [0, 0.1) is 5.41 Å². The molecule has 2 aliphatic rings. The Hall–Kier alpha value is -2.49. The van der Waals surface area contributed by atoms with Crippen molar-refractivity contribution in [2.45, 2.75) is 44.7 Å². The number of nitrogens with two attached hydrogens (primary N) is 1. The number of amides is 4. The van der Waals surface area contributed by atoms with Crippen molar-refractivity contribution in [1.29, 1.82) is 0 Å². The van der Waals surface area contributed by atoms with E-state index in [1.165, 1.54) is 18.3 Å². The summed E-state index contributed by atoms with van der Waals surface area (Å²) in [5.41, 5.74) is 6.81. The minimum Gasteiger partial charge on any atom is -0.368 e. The van der Waals surface area contributed by atoms with E-state index in [0.717, 1.165) is 12.1 Å². The molecule has 10 heteroatoms. The first-order valence-electron chi connectivity index (χ1n) is 8.83. The lowest BCUT2D eigenvalue weighted by atomic mass is 9.70. The Balaban J connectivity index is 1.85. The van der Waals surface area contributed by atoms with E-state index in [9.17, 15) is 19.2 Å². The third kappa shape index (κ3) is 3.80.